The van der Waals surface area contributed by atoms with E-state index >= 15 is 0 Å². The molecule has 0 bridgehead atoms. The number of fused-ring (bicyclic) bond motifs is 1. The minimum Gasteiger partial charge on any atom is -0.300 e. The van der Waals surface area contributed by atoms with Crippen molar-refractivity contribution in [2.24, 2.45) is 45.3 Å². The Bertz CT molecular complexity index is 997. The lowest BCUT2D eigenvalue weighted by Gasteiger charge is -2.27. The van der Waals surface area contributed by atoms with Crippen LogP contribution in [0.1, 0.15) is 207 Å². The number of hydrogen-bond donors (Lipinski definition) is 0. The molecule has 0 amide bonds. The quantitative estimate of drug-likeness (QED) is 0.209. The fourth-order valence-electron chi connectivity index (χ4n) is 1.66. The van der Waals surface area contributed by atoms with Crippen LogP contribution < -0.4 is 0 Å². The number of hydrogen-bond acceptors (Lipinski definition) is 3. The number of benzene rings is 1. The Hall–Kier alpha value is -1.11. The molecule has 0 heterocycles. The second-order valence-electron chi connectivity index (χ2n) is 20.0. The van der Waals surface area contributed by atoms with Crippen LogP contribution in [0.3, 0.4) is 0 Å². The molecule has 55 heavy (non-hydrogen) atoms. The van der Waals surface area contributed by atoms with E-state index < -0.39 is 20.8 Å². The molecular formula is C46H88Cl3F3O3. The zero-order valence-electron chi connectivity index (χ0n) is 40.3. The average molecular weight is 853 g/mol. The molecule has 0 N–H and O–H groups in total. The average Bonchev–Trinajstić information content (AvgIpc) is 3.06. The van der Waals surface area contributed by atoms with Crippen LogP contribution >= 0.6 is 34.8 Å². The van der Waals surface area contributed by atoms with Crippen LogP contribution in [0.4, 0.5) is 13.2 Å². The summed E-state index contributed by atoms with van der Waals surface area (Å²) in [6.45, 7) is 50.3. The van der Waals surface area contributed by atoms with Crippen LogP contribution in [0.25, 0.3) is 0 Å². The summed E-state index contributed by atoms with van der Waals surface area (Å²) in [6.07, 6.45) is -2.81. The summed E-state index contributed by atoms with van der Waals surface area (Å²) in [5, 5.41) is 0. The topological polar surface area (TPSA) is 51.2 Å². The monoisotopic (exact) mass is 851 g/mol. The van der Waals surface area contributed by atoms with E-state index in [-0.39, 0.29) is 28.7 Å². The molecule has 1 aromatic rings. The number of rotatable bonds is 1. The first-order valence-electron chi connectivity index (χ1n) is 19.6. The molecule has 0 spiro atoms. The lowest BCUT2D eigenvalue weighted by molar-refractivity contribution is -0.204. The van der Waals surface area contributed by atoms with Gasteiger partial charge in [-0.2, -0.15) is 13.2 Å². The molecule has 1 aromatic carbocycles. The van der Waals surface area contributed by atoms with Gasteiger partial charge in [0, 0.05) is 22.5 Å². The van der Waals surface area contributed by atoms with Gasteiger partial charge in [-0.05, 0) is 43.9 Å². The van der Waals surface area contributed by atoms with E-state index in [0.29, 0.717) is 16.5 Å². The Labute approximate surface area is 355 Å². The Morgan fingerprint density at radius 1 is 0.600 bits per heavy atom. The first-order chi connectivity index (χ1) is 23.8. The van der Waals surface area contributed by atoms with Crippen LogP contribution in [-0.4, -0.2) is 27.3 Å². The largest absolute Gasteiger partial charge is 0.393 e. The van der Waals surface area contributed by atoms with Gasteiger partial charge < -0.3 is 0 Å². The highest BCUT2D eigenvalue weighted by Crippen LogP contribution is 2.43. The predicted molar refractivity (Wildman–Crippen MR) is 242 cm³/mol. The molecule has 0 atom stereocenters. The van der Waals surface area contributed by atoms with Crippen LogP contribution in [-0.2, 0) is 4.79 Å². The van der Waals surface area contributed by atoms with E-state index in [2.05, 4.69) is 104 Å². The van der Waals surface area contributed by atoms with Gasteiger partial charge in [-0.1, -0.05) is 225 Å². The van der Waals surface area contributed by atoms with E-state index in [9.17, 15) is 27.6 Å². The molecule has 0 radical (unpaired) electrons. The molecule has 9 heteroatoms. The summed E-state index contributed by atoms with van der Waals surface area (Å²) in [4.78, 5) is 33.6. The van der Waals surface area contributed by atoms with E-state index in [4.69, 9.17) is 34.8 Å². The maximum absolute atomic E-state index is 11.7. The standard InChI is InChI=1S/C11H10O2.C5H9Cl3.C5H9F3.C5H10O.C5H12.3C4H10.C3H8/c1-11(2)9(12)7-5-3-4-6-8(7)10(11)13;2*1-4(2,3)5(6,7)8;1-4(2)5(3)6;1-5(2,3)4;3*1-4(2)3;1-3-2/h3-6H,1-2H3;2*1-3H3;4H,1-3H3;1-4H3;3*4H,1-3H3;3H2,1-2H3. The SMILES string of the molecule is CC(=O)C(C)C.CC(C)(C)C.CC(C)(C)C(Cl)(Cl)Cl.CC(C)(C)C(F)(F)F.CC(C)C.CC(C)C.CC(C)C.CC1(C)C(=O)c2ccccc2C1=O.CCC. The third-order valence-corrected chi connectivity index (χ3v) is 6.77. The molecule has 1 aliphatic carbocycles. The van der Waals surface area contributed by atoms with Crippen molar-refractivity contribution in [2.75, 3.05) is 0 Å². The van der Waals surface area contributed by atoms with Gasteiger partial charge in [0.2, 0.25) is 0 Å². The van der Waals surface area contributed by atoms with Gasteiger partial charge in [0.15, 0.2) is 15.4 Å². The molecule has 1 aliphatic rings. The van der Waals surface area contributed by atoms with Crippen molar-refractivity contribution in [3.63, 3.8) is 0 Å². The first-order valence-corrected chi connectivity index (χ1v) is 20.8. The minimum absolute atomic E-state index is 0.0619. The summed E-state index contributed by atoms with van der Waals surface area (Å²) in [5.74, 6) is 2.85. The Morgan fingerprint density at radius 3 is 0.836 bits per heavy atom. The third kappa shape index (κ3) is 50.9. The third-order valence-electron chi connectivity index (χ3n) is 5.07. The summed E-state index contributed by atoms with van der Waals surface area (Å²) < 4.78 is 33.5. The number of alkyl halides is 6. The molecule has 0 fully saturated rings. The summed E-state index contributed by atoms with van der Waals surface area (Å²) in [6, 6.07) is 6.99. The van der Waals surface area contributed by atoms with E-state index in [1.54, 1.807) is 45.0 Å². The van der Waals surface area contributed by atoms with Gasteiger partial charge in [-0.15, -0.1) is 0 Å². The van der Waals surface area contributed by atoms with Crippen molar-refractivity contribution in [1.29, 1.82) is 0 Å². The predicted octanol–water partition coefficient (Wildman–Crippen LogP) is 17.8. The van der Waals surface area contributed by atoms with Gasteiger partial charge in [0.05, 0.1) is 10.8 Å². The van der Waals surface area contributed by atoms with Crippen molar-refractivity contribution in [1.82, 2.24) is 0 Å². The fourth-order valence-corrected chi connectivity index (χ4v) is 1.66. The van der Waals surface area contributed by atoms with Gasteiger partial charge in [-0.3, -0.25) is 14.4 Å². The van der Waals surface area contributed by atoms with Crippen molar-refractivity contribution in [2.45, 2.75) is 196 Å². The highest BCUT2D eigenvalue weighted by molar-refractivity contribution is 6.68. The van der Waals surface area contributed by atoms with Gasteiger partial charge in [0.1, 0.15) is 5.78 Å². The second-order valence-corrected chi connectivity index (χ2v) is 22.3. The zero-order chi connectivity index (χ0) is 46.7. The normalized spacial score (nSPS) is 13.0. The molecule has 0 saturated carbocycles. The maximum atomic E-state index is 11.7. The Balaban J connectivity index is -0.0000000987. The first kappa shape index (κ1) is 68.6. The molecule has 0 unspecified atom stereocenters. The lowest BCUT2D eigenvalue weighted by Crippen LogP contribution is -2.28. The number of carbonyl (C=O) groups excluding carboxylic acids is 3. The van der Waals surface area contributed by atoms with Crippen LogP contribution in [0, 0.1) is 45.3 Å². The maximum Gasteiger partial charge on any atom is 0.393 e. The van der Waals surface area contributed by atoms with Gasteiger partial charge >= 0.3 is 6.18 Å². The smallest absolute Gasteiger partial charge is 0.300 e. The van der Waals surface area contributed by atoms with Crippen LogP contribution in [0.5, 0.6) is 0 Å². The summed E-state index contributed by atoms with van der Waals surface area (Å²) in [7, 11) is 0. The number of carbonyl (C=O) groups is 3. The number of Topliss-reactive ketones (excluding diaryl/α,β-unsaturated/α-hetero) is 3. The highest BCUT2D eigenvalue weighted by atomic mass is 35.6. The second kappa shape index (κ2) is 31.8. The molecule has 2 rings (SSSR count). The summed E-state index contributed by atoms with van der Waals surface area (Å²) >= 11 is 16.6. The van der Waals surface area contributed by atoms with Crippen LogP contribution in [0.2, 0.25) is 0 Å². The number of halogens is 6. The van der Waals surface area contributed by atoms with Crippen molar-refractivity contribution < 1.29 is 27.6 Å². The molecular weight excluding hydrogens is 764 g/mol. The van der Waals surface area contributed by atoms with Crippen molar-refractivity contribution in [3.8, 4) is 0 Å². The van der Waals surface area contributed by atoms with Crippen molar-refractivity contribution >= 4 is 52.2 Å². The van der Waals surface area contributed by atoms with E-state index in [1.807, 2.05) is 34.6 Å². The molecule has 332 valence electrons. The Morgan fingerprint density at radius 2 is 0.745 bits per heavy atom. The zero-order valence-corrected chi connectivity index (χ0v) is 42.6. The molecule has 3 nitrogen and oxygen atoms in total. The van der Waals surface area contributed by atoms with E-state index in [1.165, 1.54) is 6.42 Å². The van der Waals surface area contributed by atoms with Gasteiger partial charge in [-0.25, -0.2) is 0 Å². The highest BCUT2D eigenvalue weighted by Gasteiger charge is 2.45. The Kier molecular flexibility index (Phi) is 39.7. The van der Waals surface area contributed by atoms with E-state index in [0.717, 1.165) is 38.5 Å². The number of ketones is 3. The molecule has 0 saturated heterocycles. The van der Waals surface area contributed by atoms with Crippen LogP contribution in [0.15, 0.2) is 24.3 Å². The summed E-state index contributed by atoms with van der Waals surface area (Å²) in [5.41, 5.74) is -1.05. The molecule has 0 aliphatic heterocycles. The molecule has 0 aromatic heterocycles. The lowest BCUT2D eigenvalue weighted by atomic mass is 9.88. The minimum atomic E-state index is -4.06. The fraction of sp³-hybridized carbons (Fsp3) is 0.804. The van der Waals surface area contributed by atoms with Gasteiger partial charge in [0.25, 0.3) is 0 Å². The van der Waals surface area contributed by atoms with Crippen molar-refractivity contribution in [3.05, 3.63) is 35.4 Å².